The molecule has 18 heavy (non-hydrogen) atoms. The van der Waals surface area contributed by atoms with Gasteiger partial charge in [-0.25, -0.2) is 9.97 Å². The predicted molar refractivity (Wildman–Crippen MR) is 69.0 cm³/mol. The van der Waals surface area contributed by atoms with Crippen molar-refractivity contribution >= 4 is 0 Å². The second kappa shape index (κ2) is 5.33. The van der Waals surface area contributed by atoms with Gasteiger partial charge in [-0.3, -0.25) is 0 Å². The van der Waals surface area contributed by atoms with E-state index in [1.54, 1.807) is 13.3 Å². The van der Waals surface area contributed by atoms with Gasteiger partial charge in [-0.15, -0.1) is 0 Å². The van der Waals surface area contributed by atoms with E-state index in [4.69, 9.17) is 4.74 Å². The molecular weight excluding hydrogens is 228 g/mol. The highest BCUT2D eigenvalue weighted by Crippen LogP contribution is 2.41. The van der Waals surface area contributed by atoms with E-state index in [1.807, 2.05) is 6.92 Å². The van der Waals surface area contributed by atoms with Gasteiger partial charge >= 0.3 is 0 Å². The van der Waals surface area contributed by atoms with Crippen LogP contribution >= 0.6 is 0 Å². The molecule has 4 heteroatoms. The minimum absolute atomic E-state index is 0.0449. The van der Waals surface area contributed by atoms with E-state index in [0.717, 1.165) is 30.7 Å². The molecule has 1 heterocycles. The molecule has 4 nitrogen and oxygen atoms in total. The molecule has 2 atom stereocenters. The molecule has 100 valence electrons. The van der Waals surface area contributed by atoms with Crippen molar-refractivity contribution in [1.82, 2.24) is 9.97 Å². The molecule has 0 radical (unpaired) electrons. The quantitative estimate of drug-likeness (QED) is 0.894. The first kappa shape index (κ1) is 13.4. The zero-order valence-corrected chi connectivity index (χ0v) is 11.4. The first-order valence-corrected chi connectivity index (χ1v) is 6.60. The Morgan fingerprint density at radius 2 is 2.33 bits per heavy atom. The van der Waals surface area contributed by atoms with Gasteiger partial charge in [0.25, 0.3) is 0 Å². The first-order valence-electron chi connectivity index (χ1n) is 6.60. The lowest BCUT2D eigenvalue weighted by molar-refractivity contribution is -0.0649. The number of rotatable bonds is 3. The van der Waals surface area contributed by atoms with Crippen LogP contribution in [0.15, 0.2) is 6.20 Å². The molecule has 1 saturated carbocycles. The van der Waals surface area contributed by atoms with Crippen LogP contribution in [-0.2, 0) is 16.9 Å². The summed E-state index contributed by atoms with van der Waals surface area (Å²) in [6.07, 6.45) is 6.08. The Morgan fingerprint density at radius 3 is 2.94 bits per heavy atom. The molecule has 2 rings (SSSR count). The van der Waals surface area contributed by atoms with Crippen LogP contribution in [0.3, 0.4) is 0 Å². The summed E-state index contributed by atoms with van der Waals surface area (Å²) in [6.45, 7) is 4.11. The molecule has 0 amide bonds. The Hall–Kier alpha value is -1.00. The van der Waals surface area contributed by atoms with Crippen molar-refractivity contribution in [2.24, 2.45) is 5.92 Å². The van der Waals surface area contributed by atoms with E-state index >= 15 is 0 Å². The van der Waals surface area contributed by atoms with Gasteiger partial charge in [0.05, 0.1) is 12.3 Å². The maximum Gasteiger partial charge on any atom is 0.160 e. The zero-order chi connectivity index (χ0) is 13.2. The molecule has 0 bridgehead atoms. The Balaban J connectivity index is 2.37. The largest absolute Gasteiger partial charge is 0.390 e. The molecule has 2 unspecified atom stereocenters. The van der Waals surface area contributed by atoms with E-state index in [0.29, 0.717) is 11.6 Å². The van der Waals surface area contributed by atoms with E-state index in [-0.39, 0.29) is 12.2 Å². The fourth-order valence-corrected chi connectivity index (χ4v) is 2.84. The number of ether oxygens (including phenoxy) is 1. The summed E-state index contributed by atoms with van der Waals surface area (Å²) in [5.41, 5.74) is 1.26. The molecule has 0 saturated heterocycles. The summed E-state index contributed by atoms with van der Waals surface area (Å²) in [5.74, 6) is 1.35. The Labute approximate surface area is 108 Å². The molecule has 0 spiro atoms. The van der Waals surface area contributed by atoms with Crippen molar-refractivity contribution < 1.29 is 9.84 Å². The fraction of sp³-hybridized carbons (Fsp3) is 0.714. The van der Waals surface area contributed by atoms with Crippen LogP contribution in [0, 0.1) is 12.8 Å². The van der Waals surface area contributed by atoms with Crippen LogP contribution in [0.1, 0.15) is 49.7 Å². The molecule has 1 aliphatic rings. The van der Waals surface area contributed by atoms with Crippen LogP contribution < -0.4 is 0 Å². The van der Waals surface area contributed by atoms with Gasteiger partial charge in [0.2, 0.25) is 0 Å². The lowest BCUT2D eigenvalue weighted by Crippen LogP contribution is -2.36. The molecule has 0 aliphatic heterocycles. The summed E-state index contributed by atoms with van der Waals surface area (Å²) in [7, 11) is 1.74. The molecule has 1 N–H and O–H groups in total. The first-order chi connectivity index (χ1) is 8.61. The molecular formula is C14H22N2O2. The highest BCUT2D eigenvalue weighted by molar-refractivity contribution is 5.18. The zero-order valence-electron chi connectivity index (χ0n) is 11.4. The van der Waals surface area contributed by atoms with Crippen molar-refractivity contribution in [2.75, 3.05) is 7.11 Å². The third-order valence-electron chi connectivity index (χ3n) is 3.98. The Morgan fingerprint density at radius 1 is 1.56 bits per heavy atom. The number of hydrogen-bond donors (Lipinski definition) is 1. The normalized spacial score (nSPS) is 28.3. The third kappa shape index (κ3) is 2.40. The Bertz CT molecular complexity index is 422. The molecule has 0 aromatic carbocycles. The number of hydrogen-bond acceptors (Lipinski definition) is 4. The second-order valence-electron chi connectivity index (χ2n) is 5.38. The number of aliphatic hydroxyl groups excluding tert-OH is 1. The number of aryl methyl sites for hydroxylation is 1. The van der Waals surface area contributed by atoms with E-state index in [1.165, 1.54) is 6.42 Å². The van der Waals surface area contributed by atoms with Crippen molar-refractivity contribution in [2.45, 2.75) is 51.7 Å². The van der Waals surface area contributed by atoms with Gasteiger partial charge in [-0.2, -0.15) is 0 Å². The third-order valence-corrected chi connectivity index (χ3v) is 3.98. The molecule has 1 aromatic rings. The van der Waals surface area contributed by atoms with Gasteiger partial charge in [0.15, 0.2) is 5.82 Å². The van der Waals surface area contributed by atoms with Crippen molar-refractivity contribution in [3.63, 3.8) is 0 Å². The predicted octanol–water partition coefficient (Wildman–Crippen LogP) is 2.33. The lowest BCUT2D eigenvalue weighted by atomic mass is 9.78. The van der Waals surface area contributed by atoms with Crippen LogP contribution in [-0.4, -0.2) is 22.2 Å². The molecule has 1 aromatic heterocycles. The van der Waals surface area contributed by atoms with E-state index in [9.17, 15) is 5.11 Å². The summed E-state index contributed by atoms with van der Waals surface area (Å²) < 4.78 is 5.77. The average Bonchev–Trinajstić information content (AvgIpc) is 2.39. The van der Waals surface area contributed by atoms with Gasteiger partial charge < -0.3 is 9.84 Å². The van der Waals surface area contributed by atoms with Gasteiger partial charge in [-0.1, -0.05) is 13.3 Å². The molecule has 1 aliphatic carbocycles. The monoisotopic (exact) mass is 250 g/mol. The minimum atomic E-state index is -0.366. The maximum atomic E-state index is 9.32. The summed E-state index contributed by atoms with van der Waals surface area (Å²) >= 11 is 0. The van der Waals surface area contributed by atoms with Crippen LogP contribution in [0.4, 0.5) is 0 Å². The smallest absolute Gasteiger partial charge is 0.160 e. The van der Waals surface area contributed by atoms with E-state index < -0.39 is 0 Å². The van der Waals surface area contributed by atoms with Crippen LogP contribution in [0.25, 0.3) is 0 Å². The van der Waals surface area contributed by atoms with Crippen molar-refractivity contribution in [3.05, 3.63) is 23.3 Å². The average molecular weight is 250 g/mol. The van der Waals surface area contributed by atoms with Gasteiger partial charge in [0, 0.05) is 13.3 Å². The standard InChI is InChI=1S/C14H22N2O2/c1-10-5-4-6-14(7-10,18-3)13-15-8-11(2)12(9-17)16-13/h8,10,17H,4-7,9H2,1-3H3. The van der Waals surface area contributed by atoms with Crippen LogP contribution in [0.2, 0.25) is 0 Å². The highest BCUT2D eigenvalue weighted by atomic mass is 16.5. The molecule has 1 fully saturated rings. The Kier molecular flexibility index (Phi) is 3.97. The highest BCUT2D eigenvalue weighted by Gasteiger charge is 2.39. The minimum Gasteiger partial charge on any atom is -0.390 e. The number of aliphatic hydroxyl groups is 1. The van der Waals surface area contributed by atoms with Gasteiger partial charge in [-0.05, 0) is 37.7 Å². The summed E-state index contributed by atoms with van der Waals surface area (Å²) in [6, 6.07) is 0. The van der Waals surface area contributed by atoms with Crippen LogP contribution in [0.5, 0.6) is 0 Å². The second-order valence-corrected chi connectivity index (χ2v) is 5.38. The summed E-state index contributed by atoms with van der Waals surface area (Å²) in [4.78, 5) is 8.95. The van der Waals surface area contributed by atoms with Crippen molar-refractivity contribution in [3.8, 4) is 0 Å². The van der Waals surface area contributed by atoms with E-state index in [2.05, 4.69) is 16.9 Å². The SMILES string of the molecule is COC1(c2ncc(C)c(CO)n2)CCCC(C)C1. The fourth-order valence-electron chi connectivity index (χ4n) is 2.84. The number of nitrogens with zero attached hydrogens (tertiary/aromatic N) is 2. The van der Waals surface area contributed by atoms with Crippen molar-refractivity contribution in [1.29, 1.82) is 0 Å². The maximum absolute atomic E-state index is 9.32. The number of methoxy groups -OCH3 is 1. The number of aromatic nitrogens is 2. The topological polar surface area (TPSA) is 55.2 Å². The van der Waals surface area contributed by atoms with Gasteiger partial charge in [0.1, 0.15) is 5.60 Å². The summed E-state index contributed by atoms with van der Waals surface area (Å²) in [5, 5.41) is 9.32. The lowest BCUT2D eigenvalue weighted by Gasteiger charge is -2.37.